The van der Waals surface area contributed by atoms with Gasteiger partial charge in [-0.15, -0.1) is 0 Å². The van der Waals surface area contributed by atoms with Crippen molar-refractivity contribution in [2.75, 3.05) is 6.54 Å². The molecule has 1 aromatic heterocycles. The molecular weight excluding hydrogens is 290 g/mol. The van der Waals surface area contributed by atoms with E-state index in [1.165, 1.54) is 0 Å². The number of H-pyrrole nitrogens is 1. The summed E-state index contributed by atoms with van der Waals surface area (Å²) in [5.74, 6) is 0. The Kier molecular flexibility index (Phi) is 4.69. The smallest absolute Gasteiger partial charge is 0.407 e. The third-order valence-electron chi connectivity index (χ3n) is 3.35. The zero-order valence-electron chi connectivity index (χ0n) is 12.5. The van der Waals surface area contributed by atoms with E-state index in [9.17, 15) is 4.79 Å². The number of rotatable bonds is 5. The van der Waals surface area contributed by atoms with E-state index in [0.29, 0.717) is 6.54 Å². The predicted octanol–water partition coefficient (Wildman–Crippen LogP) is 3.50. The van der Waals surface area contributed by atoms with Gasteiger partial charge in [0.2, 0.25) is 0 Å². The molecular formula is C18H17N3O2. The van der Waals surface area contributed by atoms with Crippen molar-refractivity contribution in [1.82, 2.24) is 15.5 Å². The van der Waals surface area contributed by atoms with E-state index in [4.69, 9.17) is 4.74 Å². The number of ether oxygens (including phenoxy) is 1. The van der Waals surface area contributed by atoms with Crippen molar-refractivity contribution in [2.24, 2.45) is 0 Å². The van der Waals surface area contributed by atoms with Crippen molar-refractivity contribution in [1.29, 1.82) is 0 Å². The molecule has 0 radical (unpaired) electrons. The Morgan fingerprint density at radius 1 is 1.22 bits per heavy atom. The Morgan fingerprint density at radius 2 is 2.09 bits per heavy atom. The summed E-state index contributed by atoms with van der Waals surface area (Å²) in [5.41, 5.74) is 3.00. The summed E-state index contributed by atoms with van der Waals surface area (Å²) in [4.78, 5) is 11.6. The molecule has 0 aliphatic carbocycles. The van der Waals surface area contributed by atoms with Crippen LogP contribution in [0.5, 0.6) is 0 Å². The van der Waals surface area contributed by atoms with Crippen LogP contribution in [0.1, 0.15) is 11.1 Å². The van der Waals surface area contributed by atoms with Crippen LogP contribution in [0.25, 0.3) is 17.0 Å². The molecule has 0 bridgehead atoms. The van der Waals surface area contributed by atoms with Crippen molar-refractivity contribution < 1.29 is 9.53 Å². The average molecular weight is 307 g/mol. The van der Waals surface area contributed by atoms with Gasteiger partial charge in [0.25, 0.3) is 0 Å². The summed E-state index contributed by atoms with van der Waals surface area (Å²) in [6, 6.07) is 15.6. The first kappa shape index (κ1) is 14.8. The number of aromatic amines is 1. The third-order valence-corrected chi connectivity index (χ3v) is 3.35. The van der Waals surface area contributed by atoms with Crippen molar-refractivity contribution in [2.45, 2.75) is 6.61 Å². The van der Waals surface area contributed by atoms with Gasteiger partial charge in [0.15, 0.2) is 0 Å². The van der Waals surface area contributed by atoms with E-state index in [1.807, 2.05) is 60.7 Å². The molecule has 3 aromatic rings. The largest absolute Gasteiger partial charge is 0.445 e. The first-order valence-electron chi connectivity index (χ1n) is 7.35. The van der Waals surface area contributed by atoms with Gasteiger partial charge in [-0.2, -0.15) is 5.10 Å². The number of benzene rings is 2. The maximum absolute atomic E-state index is 11.6. The standard InChI is InChI=1S/C18H17N3O2/c22-18(23-13-15-5-2-1-3-6-15)19-10-4-7-14-8-9-16-12-20-21-17(16)11-14/h1-9,11-12H,10,13H2,(H,19,22)(H,20,21). The minimum absolute atomic E-state index is 0.271. The van der Waals surface area contributed by atoms with Crippen molar-refractivity contribution >= 4 is 23.1 Å². The molecule has 0 spiro atoms. The maximum atomic E-state index is 11.6. The van der Waals surface area contributed by atoms with Gasteiger partial charge in [0.05, 0.1) is 11.7 Å². The summed E-state index contributed by atoms with van der Waals surface area (Å²) in [7, 11) is 0. The lowest BCUT2D eigenvalue weighted by molar-refractivity contribution is 0.141. The van der Waals surface area contributed by atoms with Crippen molar-refractivity contribution in [3.8, 4) is 0 Å². The van der Waals surface area contributed by atoms with Gasteiger partial charge >= 0.3 is 6.09 Å². The van der Waals surface area contributed by atoms with E-state index in [2.05, 4.69) is 15.5 Å². The summed E-state index contributed by atoms with van der Waals surface area (Å²) in [6.07, 6.45) is 5.18. The van der Waals surface area contributed by atoms with Gasteiger partial charge in [-0.1, -0.05) is 54.6 Å². The van der Waals surface area contributed by atoms with E-state index < -0.39 is 6.09 Å². The topological polar surface area (TPSA) is 67.0 Å². The molecule has 1 amide bonds. The fourth-order valence-corrected chi connectivity index (χ4v) is 2.17. The number of hydrogen-bond acceptors (Lipinski definition) is 3. The SMILES string of the molecule is O=C(NCC=Cc1ccc2cn[nH]c2c1)OCc1ccccc1. The zero-order valence-corrected chi connectivity index (χ0v) is 12.5. The minimum atomic E-state index is -0.428. The quantitative estimate of drug-likeness (QED) is 0.758. The molecule has 0 atom stereocenters. The molecule has 23 heavy (non-hydrogen) atoms. The van der Waals surface area contributed by atoms with E-state index >= 15 is 0 Å². The van der Waals surface area contributed by atoms with Crippen LogP contribution in [0.4, 0.5) is 4.79 Å². The summed E-state index contributed by atoms with van der Waals surface area (Å²) in [5, 5.41) is 10.7. The Hall–Kier alpha value is -3.08. The first-order valence-corrected chi connectivity index (χ1v) is 7.35. The molecule has 5 heteroatoms. The normalized spacial score (nSPS) is 11.0. The van der Waals surface area contributed by atoms with Crippen LogP contribution in [0.15, 0.2) is 60.8 Å². The summed E-state index contributed by atoms with van der Waals surface area (Å²) < 4.78 is 5.13. The molecule has 1 heterocycles. The molecule has 2 N–H and O–H groups in total. The van der Waals surface area contributed by atoms with Gasteiger partial charge in [0, 0.05) is 11.9 Å². The fraction of sp³-hybridized carbons (Fsp3) is 0.111. The van der Waals surface area contributed by atoms with Gasteiger partial charge in [-0.05, 0) is 17.2 Å². The fourth-order valence-electron chi connectivity index (χ4n) is 2.17. The van der Waals surface area contributed by atoms with Crippen LogP contribution < -0.4 is 5.32 Å². The molecule has 0 aliphatic heterocycles. The minimum Gasteiger partial charge on any atom is -0.445 e. The number of aromatic nitrogens is 2. The highest BCUT2D eigenvalue weighted by atomic mass is 16.5. The molecule has 2 aromatic carbocycles. The molecule has 0 aliphatic rings. The van der Waals surface area contributed by atoms with E-state index in [-0.39, 0.29) is 6.61 Å². The Labute approximate surface area is 134 Å². The molecule has 116 valence electrons. The number of nitrogens with zero attached hydrogens (tertiary/aromatic N) is 1. The Balaban J connectivity index is 1.44. The van der Waals surface area contributed by atoms with Crippen LogP contribution in [-0.2, 0) is 11.3 Å². The van der Waals surface area contributed by atoms with Crippen LogP contribution in [-0.4, -0.2) is 22.8 Å². The number of carbonyl (C=O) groups excluding carboxylic acids is 1. The molecule has 0 saturated carbocycles. The van der Waals surface area contributed by atoms with E-state index in [0.717, 1.165) is 22.0 Å². The number of hydrogen-bond donors (Lipinski definition) is 2. The molecule has 3 rings (SSSR count). The lowest BCUT2D eigenvalue weighted by Crippen LogP contribution is -2.24. The Morgan fingerprint density at radius 3 is 2.96 bits per heavy atom. The molecule has 0 unspecified atom stereocenters. The van der Waals surface area contributed by atoms with Crippen LogP contribution in [0.3, 0.4) is 0 Å². The van der Waals surface area contributed by atoms with Gasteiger partial charge in [-0.3, -0.25) is 5.10 Å². The highest BCUT2D eigenvalue weighted by Gasteiger charge is 2.00. The summed E-state index contributed by atoms with van der Waals surface area (Å²) >= 11 is 0. The predicted molar refractivity (Wildman–Crippen MR) is 89.8 cm³/mol. The second kappa shape index (κ2) is 7.26. The first-order chi connectivity index (χ1) is 11.3. The van der Waals surface area contributed by atoms with Crippen molar-refractivity contribution in [3.63, 3.8) is 0 Å². The second-order valence-electron chi connectivity index (χ2n) is 5.06. The number of alkyl carbamates (subject to hydrolysis) is 1. The van der Waals surface area contributed by atoms with Crippen LogP contribution in [0.2, 0.25) is 0 Å². The highest BCUT2D eigenvalue weighted by molar-refractivity contribution is 5.80. The second-order valence-corrected chi connectivity index (χ2v) is 5.06. The number of amides is 1. The van der Waals surface area contributed by atoms with Crippen molar-refractivity contribution in [3.05, 3.63) is 71.9 Å². The van der Waals surface area contributed by atoms with Crippen LogP contribution in [0, 0.1) is 0 Å². The molecule has 5 nitrogen and oxygen atoms in total. The lowest BCUT2D eigenvalue weighted by atomic mass is 10.1. The zero-order chi connectivity index (χ0) is 15.9. The van der Waals surface area contributed by atoms with Gasteiger partial charge in [0.1, 0.15) is 6.61 Å². The average Bonchev–Trinajstić information content (AvgIpc) is 3.05. The van der Waals surface area contributed by atoms with Crippen LogP contribution >= 0.6 is 0 Å². The monoisotopic (exact) mass is 307 g/mol. The van der Waals surface area contributed by atoms with E-state index in [1.54, 1.807) is 6.20 Å². The van der Waals surface area contributed by atoms with Gasteiger partial charge in [-0.25, -0.2) is 4.79 Å². The lowest BCUT2D eigenvalue weighted by Gasteiger charge is -2.05. The highest BCUT2D eigenvalue weighted by Crippen LogP contribution is 2.13. The molecule has 0 saturated heterocycles. The number of nitrogens with one attached hydrogen (secondary N) is 2. The Bertz CT molecular complexity index is 809. The van der Waals surface area contributed by atoms with Gasteiger partial charge < -0.3 is 10.1 Å². The maximum Gasteiger partial charge on any atom is 0.407 e. The molecule has 0 fully saturated rings. The number of carbonyl (C=O) groups is 1. The summed E-state index contributed by atoms with van der Waals surface area (Å²) in [6.45, 7) is 0.682. The third kappa shape index (κ3) is 4.20. The number of fused-ring (bicyclic) bond motifs is 1.